The molecule has 0 saturated carbocycles. The number of ether oxygens (including phenoxy) is 2. The molecular formula is C21H24ClNO4. The van der Waals surface area contributed by atoms with Crippen LogP contribution >= 0.6 is 11.6 Å². The molecule has 1 N–H and O–H groups in total. The summed E-state index contributed by atoms with van der Waals surface area (Å²) in [5, 5.41) is 3.22. The minimum atomic E-state index is -0.609. The van der Waals surface area contributed by atoms with Crippen molar-refractivity contribution in [1.82, 2.24) is 5.32 Å². The maximum absolute atomic E-state index is 11.8. The highest BCUT2D eigenvalue weighted by atomic mass is 35.5. The van der Waals surface area contributed by atoms with Gasteiger partial charge in [-0.3, -0.25) is 4.79 Å². The average molecular weight is 390 g/mol. The number of benzene rings is 2. The first kappa shape index (κ1) is 20.8. The van der Waals surface area contributed by atoms with Crippen molar-refractivity contribution in [2.45, 2.75) is 32.7 Å². The van der Waals surface area contributed by atoms with E-state index in [0.29, 0.717) is 10.8 Å². The molecule has 6 heteroatoms. The van der Waals surface area contributed by atoms with Crippen LogP contribution in [0.1, 0.15) is 31.9 Å². The second kappa shape index (κ2) is 9.42. The molecule has 0 aliphatic heterocycles. The molecule has 0 saturated heterocycles. The third kappa shape index (κ3) is 6.94. The first-order chi connectivity index (χ1) is 12.8. The summed E-state index contributed by atoms with van der Waals surface area (Å²) in [6.45, 7) is 6.01. The lowest BCUT2D eigenvalue weighted by atomic mass is 9.87. The van der Waals surface area contributed by atoms with Crippen LogP contribution in [-0.2, 0) is 26.3 Å². The average Bonchev–Trinajstić information content (AvgIpc) is 2.63. The number of carbonyl (C=O) groups is 2. The van der Waals surface area contributed by atoms with Gasteiger partial charge in [-0.15, -0.1) is 0 Å². The number of hydrogen-bond donors (Lipinski definition) is 1. The highest BCUT2D eigenvalue weighted by Crippen LogP contribution is 2.24. The summed E-state index contributed by atoms with van der Waals surface area (Å²) < 4.78 is 10.3. The van der Waals surface area contributed by atoms with Crippen LogP contribution in [0.3, 0.4) is 0 Å². The van der Waals surface area contributed by atoms with Crippen LogP contribution in [0.25, 0.3) is 0 Å². The van der Waals surface area contributed by atoms with Crippen molar-refractivity contribution < 1.29 is 19.1 Å². The summed E-state index contributed by atoms with van der Waals surface area (Å²) in [6, 6.07) is 14.7. The molecule has 27 heavy (non-hydrogen) atoms. The Bertz CT molecular complexity index is 782. The first-order valence-corrected chi connectivity index (χ1v) is 9.02. The van der Waals surface area contributed by atoms with Crippen LogP contribution in [0.4, 0.5) is 0 Å². The van der Waals surface area contributed by atoms with Crippen LogP contribution in [0, 0.1) is 0 Å². The molecule has 0 bridgehead atoms. The predicted octanol–water partition coefficient (Wildman–Crippen LogP) is 3.88. The van der Waals surface area contributed by atoms with Gasteiger partial charge in [-0.1, -0.05) is 62.7 Å². The summed E-state index contributed by atoms with van der Waals surface area (Å²) in [7, 11) is 0. The fourth-order valence-electron chi connectivity index (χ4n) is 2.27. The van der Waals surface area contributed by atoms with E-state index in [1.54, 1.807) is 6.07 Å². The minimum Gasteiger partial charge on any atom is -0.482 e. The minimum absolute atomic E-state index is 0.0504. The van der Waals surface area contributed by atoms with E-state index in [1.807, 2.05) is 42.5 Å². The fourth-order valence-corrected chi connectivity index (χ4v) is 2.47. The second-order valence-electron chi connectivity index (χ2n) is 7.09. The zero-order valence-corrected chi connectivity index (χ0v) is 16.5. The quantitative estimate of drug-likeness (QED) is 0.730. The number of amides is 1. The monoisotopic (exact) mass is 389 g/mol. The zero-order chi connectivity index (χ0) is 19.9. The second-order valence-corrected chi connectivity index (χ2v) is 7.50. The lowest BCUT2D eigenvalue weighted by Crippen LogP contribution is -2.29. The van der Waals surface area contributed by atoms with Crippen molar-refractivity contribution in [2.75, 3.05) is 13.2 Å². The molecule has 144 valence electrons. The Balaban J connectivity index is 1.70. The van der Waals surface area contributed by atoms with Gasteiger partial charge in [0.15, 0.2) is 13.2 Å². The largest absolute Gasteiger partial charge is 0.482 e. The molecule has 0 atom stereocenters. The van der Waals surface area contributed by atoms with Crippen LogP contribution in [0.2, 0.25) is 5.02 Å². The van der Waals surface area contributed by atoms with Crippen LogP contribution in [0.5, 0.6) is 5.75 Å². The molecule has 2 aromatic rings. The van der Waals surface area contributed by atoms with Crippen LogP contribution in [-0.4, -0.2) is 25.1 Å². The highest BCUT2D eigenvalue weighted by molar-refractivity contribution is 6.31. The van der Waals surface area contributed by atoms with E-state index in [1.165, 1.54) is 5.56 Å². The highest BCUT2D eigenvalue weighted by Gasteiger charge is 2.13. The van der Waals surface area contributed by atoms with Gasteiger partial charge in [0.25, 0.3) is 5.91 Å². The first-order valence-electron chi connectivity index (χ1n) is 8.65. The van der Waals surface area contributed by atoms with E-state index in [-0.39, 0.29) is 25.2 Å². The van der Waals surface area contributed by atoms with Gasteiger partial charge in [0.1, 0.15) is 5.75 Å². The number of halogens is 1. The van der Waals surface area contributed by atoms with E-state index in [9.17, 15) is 9.59 Å². The summed E-state index contributed by atoms with van der Waals surface area (Å²) in [5.74, 6) is -0.441. The molecule has 0 aliphatic carbocycles. The van der Waals surface area contributed by atoms with Gasteiger partial charge in [-0.2, -0.15) is 0 Å². The maximum Gasteiger partial charge on any atom is 0.344 e. The Morgan fingerprint density at radius 2 is 1.67 bits per heavy atom. The van der Waals surface area contributed by atoms with Crippen molar-refractivity contribution in [3.8, 4) is 5.75 Å². The number of esters is 1. The van der Waals surface area contributed by atoms with Crippen molar-refractivity contribution in [1.29, 1.82) is 0 Å². The summed E-state index contributed by atoms with van der Waals surface area (Å²) in [4.78, 5) is 23.5. The molecule has 1 amide bonds. The molecule has 0 unspecified atom stereocenters. The Hall–Kier alpha value is -2.53. The Kier molecular flexibility index (Phi) is 7.25. The number of carbonyl (C=O) groups excluding carboxylic acids is 2. The molecule has 0 fully saturated rings. The van der Waals surface area contributed by atoms with Gasteiger partial charge >= 0.3 is 5.97 Å². The van der Waals surface area contributed by atoms with Crippen molar-refractivity contribution in [3.05, 3.63) is 64.7 Å². The van der Waals surface area contributed by atoms with Gasteiger partial charge in [0, 0.05) is 11.6 Å². The predicted molar refractivity (Wildman–Crippen MR) is 105 cm³/mol. The summed E-state index contributed by atoms with van der Waals surface area (Å²) in [6.07, 6.45) is 0. The van der Waals surface area contributed by atoms with Crippen molar-refractivity contribution >= 4 is 23.5 Å². The fraction of sp³-hybridized carbons (Fsp3) is 0.333. The standard InChI is InChI=1S/C21H24ClNO4/c1-21(2,3)16-8-10-17(11-9-16)26-14-20(25)27-13-19(24)23-12-15-6-4-5-7-18(15)22/h4-11H,12-14H2,1-3H3,(H,23,24). The third-order valence-corrected chi connectivity index (χ3v) is 4.24. The Morgan fingerprint density at radius 1 is 1.00 bits per heavy atom. The van der Waals surface area contributed by atoms with Crippen LogP contribution in [0.15, 0.2) is 48.5 Å². The molecule has 2 rings (SSSR count). The van der Waals surface area contributed by atoms with E-state index < -0.39 is 11.9 Å². The lowest BCUT2D eigenvalue weighted by molar-refractivity contribution is -0.150. The molecule has 0 heterocycles. The topological polar surface area (TPSA) is 64.6 Å². The van der Waals surface area contributed by atoms with E-state index in [0.717, 1.165) is 5.56 Å². The number of nitrogens with one attached hydrogen (secondary N) is 1. The van der Waals surface area contributed by atoms with Gasteiger partial charge in [0.05, 0.1) is 0 Å². The molecule has 0 aromatic heterocycles. The molecule has 5 nitrogen and oxygen atoms in total. The van der Waals surface area contributed by atoms with E-state index in [2.05, 4.69) is 26.1 Å². The van der Waals surface area contributed by atoms with Crippen molar-refractivity contribution in [3.63, 3.8) is 0 Å². The molecule has 0 radical (unpaired) electrons. The van der Waals surface area contributed by atoms with E-state index >= 15 is 0 Å². The van der Waals surface area contributed by atoms with Crippen LogP contribution < -0.4 is 10.1 Å². The Labute approximate surface area is 164 Å². The summed E-state index contributed by atoms with van der Waals surface area (Å²) in [5.41, 5.74) is 2.02. The van der Waals surface area contributed by atoms with E-state index in [4.69, 9.17) is 21.1 Å². The van der Waals surface area contributed by atoms with Crippen molar-refractivity contribution in [2.24, 2.45) is 0 Å². The summed E-state index contributed by atoms with van der Waals surface area (Å²) >= 11 is 6.02. The zero-order valence-electron chi connectivity index (χ0n) is 15.8. The number of hydrogen-bond acceptors (Lipinski definition) is 4. The SMILES string of the molecule is CC(C)(C)c1ccc(OCC(=O)OCC(=O)NCc2ccccc2Cl)cc1. The Morgan fingerprint density at radius 3 is 2.30 bits per heavy atom. The lowest BCUT2D eigenvalue weighted by Gasteiger charge is -2.19. The van der Waals surface area contributed by atoms with Gasteiger partial charge in [-0.25, -0.2) is 4.79 Å². The smallest absolute Gasteiger partial charge is 0.344 e. The van der Waals surface area contributed by atoms with Gasteiger partial charge in [-0.05, 0) is 34.7 Å². The molecular weight excluding hydrogens is 366 g/mol. The normalized spacial score (nSPS) is 11.0. The third-order valence-electron chi connectivity index (χ3n) is 3.88. The molecule has 0 aliphatic rings. The maximum atomic E-state index is 11.8. The van der Waals surface area contributed by atoms with Gasteiger partial charge in [0.2, 0.25) is 0 Å². The number of rotatable bonds is 7. The molecule has 0 spiro atoms. The molecule has 2 aromatic carbocycles. The van der Waals surface area contributed by atoms with Gasteiger partial charge < -0.3 is 14.8 Å².